The number of carbonyl (C=O) groups is 1. The fraction of sp³-hybridized carbons (Fsp3) is 0.182. The summed E-state index contributed by atoms with van der Waals surface area (Å²) in [5.74, 6) is -0.0769. The number of rotatable bonds is 6. The Morgan fingerprint density at radius 3 is 2.41 bits per heavy atom. The van der Waals surface area contributed by atoms with Crippen LogP contribution in [0.1, 0.15) is 41.4 Å². The molecule has 0 aliphatic heterocycles. The molecule has 3 rings (SSSR count). The van der Waals surface area contributed by atoms with Gasteiger partial charge in [-0.05, 0) is 29.2 Å². The second-order valence-electron chi connectivity index (χ2n) is 6.48. The summed E-state index contributed by atoms with van der Waals surface area (Å²) in [4.78, 5) is 24.5. The maximum Gasteiger partial charge on any atom is 0.291 e. The molecule has 0 saturated heterocycles. The lowest BCUT2D eigenvalue weighted by atomic mass is 10.0. The SMILES string of the molecule is CC(C)c1ccc(NC(=O)c2cc(=O)c(OCc3ccccc3)co2)cc1. The number of ether oxygens (including phenoxy) is 1. The average Bonchev–Trinajstić information content (AvgIpc) is 2.68. The molecule has 1 amide bonds. The predicted octanol–water partition coefficient (Wildman–Crippen LogP) is 4.59. The van der Waals surface area contributed by atoms with Crippen LogP contribution in [0.2, 0.25) is 0 Å². The standard InChI is InChI=1S/C22H21NO4/c1-15(2)17-8-10-18(11-9-17)23-22(25)20-12-19(24)21(14-27-20)26-13-16-6-4-3-5-7-16/h3-12,14-15H,13H2,1-2H3,(H,23,25). The van der Waals surface area contributed by atoms with Gasteiger partial charge in [0.1, 0.15) is 12.9 Å². The molecular formula is C22H21NO4. The summed E-state index contributed by atoms with van der Waals surface area (Å²) in [5, 5.41) is 2.72. The van der Waals surface area contributed by atoms with E-state index in [4.69, 9.17) is 9.15 Å². The van der Waals surface area contributed by atoms with Crippen LogP contribution in [0.4, 0.5) is 5.69 Å². The Morgan fingerprint density at radius 2 is 1.78 bits per heavy atom. The lowest BCUT2D eigenvalue weighted by Gasteiger charge is -2.09. The molecule has 27 heavy (non-hydrogen) atoms. The van der Waals surface area contributed by atoms with E-state index in [1.54, 1.807) is 0 Å². The molecule has 5 heteroatoms. The lowest BCUT2D eigenvalue weighted by molar-refractivity contribution is 0.0993. The number of amides is 1. The molecule has 1 N–H and O–H groups in total. The predicted molar refractivity (Wildman–Crippen MR) is 104 cm³/mol. The molecule has 0 saturated carbocycles. The van der Waals surface area contributed by atoms with Crippen molar-refractivity contribution in [2.45, 2.75) is 26.4 Å². The van der Waals surface area contributed by atoms with Crippen molar-refractivity contribution >= 4 is 11.6 Å². The molecule has 2 aromatic carbocycles. The van der Waals surface area contributed by atoms with Crippen LogP contribution in [0.25, 0.3) is 0 Å². The van der Waals surface area contributed by atoms with Crippen molar-refractivity contribution < 1.29 is 13.9 Å². The van der Waals surface area contributed by atoms with Crippen LogP contribution in [-0.2, 0) is 6.61 Å². The van der Waals surface area contributed by atoms with Gasteiger partial charge < -0.3 is 14.5 Å². The number of anilines is 1. The summed E-state index contributed by atoms with van der Waals surface area (Å²) >= 11 is 0. The lowest BCUT2D eigenvalue weighted by Crippen LogP contribution is -2.15. The smallest absolute Gasteiger partial charge is 0.291 e. The van der Waals surface area contributed by atoms with Gasteiger partial charge in [-0.25, -0.2) is 0 Å². The Bertz CT molecular complexity index is 960. The van der Waals surface area contributed by atoms with Crippen LogP contribution in [-0.4, -0.2) is 5.91 Å². The zero-order valence-corrected chi connectivity index (χ0v) is 15.3. The second kappa shape index (κ2) is 8.36. The molecule has 3 aromatic rings. The van der Waals surface area contributed by atoms with Gasteiger partial charge in [-0.3, -0.25) is 9.59 Å². The summed E-state index contributed by atoms with van der Waals surface area (Å²) in [6.07, 6.45) is 1.17. The summed E-state index contributed by atoms with van der Waals surface area (Å²) in [6, 6.07) is 18.2. The molecule has 0 unspecified atom stereocenters. The van der Waals surface area contributed by atoms with E-state index in [1.165, 1.54) is 11.8 Å². The average molecular weight is 363 g/mol. The van der Waals surface area contributed by atoms with E-state index in [1.807, 2.05) is 54.6 Å². The quantitative estimate of drug-likeness (QED) is 0.695. The molecule has 0 aliphatic rings. The van der Waals surface area contributed by atoms with Gasteiger partial charge in [-0.1, -0.05) is 56.3 Å². The van der Waals surface area contributed by atoms with E-state index in [9.17, 15) is 9.59 Å². The van der Waals surface area contributed by atoms with Crippen LogP contribution < -0.4 is 15.5 Å². The number of nitrogens with one attached hydrogen (secondary N) is 1. The highest BCUT2D eigenvalue weighted by molar-refractivity contribution is 6.02. The third-order valence-corrected chi connectivity index (χ3v) is 4.09. The van der Waals surface area contributed by atoms with Crippen LogP contribution >= 0.6 is 0 Å². The van der Waals surface area contributed by atoms with Crippen LogP contribution in [0.3, 0.4) is 0 Å². The highest BCUT2D eigenvalue weighted by Crippen LogP contribution is 2.18. The fourth-order valence-electron chi connectivity index (χ4n) is 2.50. The minimum absolute atomic E-state index is 0.0664. The molecule has 0 atom stereocenters. The number of carbonyl (C=O) groups excluding carboxylic acids is 1. The van der Waals surface area contributed by atoms with Gasteiger partial charge in [-0.15, -0.1) is 0 Å². The first-order valence-corrected chi connectivity index (χ1v) is 8.74. The Hall–Kier alpha value is -3.34. The number of hydrogen-bond acceptors (Lipinski definition) is 4. The first-order valence-electron chi connectivity index (χ1n) is 8.74. The normalized spacial score (nSPS) is 10.6. The Kier molecular flexibility index (Phi) is 5.71. The molecule has 1 aromatic heterocycles. The van der Waals surface area contributed by atoms with Crippen molar-refractivity contribution in [2.75, 3.05) is 5.32 Å². The molecule has 5 nitrogen and oxygen atoms in total. The fourth-order valence-corrected chi connectivity index (χ4v) is 2.50. The third kappa shape index (κ3) is 4.85. The van der Waals surface area contributed by atoms with E-state index in [0.717, 1.165) is 11.6 Å². The van der Waals surface area contributed by atoms with E-state index < -0.39 is 11.3 Å². The summed E-state index contributed by atoms with van der Waals surface area (Å²) in [7, 11) is 0. The molecule has 0 bridgehead atoms. The zero-order chi connectivity index (χ0) is 19.2. The van der Waals surface area contributed by atoms with Crippen molar-refractivity contribution in [3.63, 3.8) is 0 Å². The Balaban J connectivity index is 1.65. The van der Waals surface area contributed by atoms with Gasteiger partial charge in [0.05, 0.1) is 0 Å². The summed E-state index contributed by atoms with van der Waals surface area (Å²) in [5.41, 5.74) is 2.34. The number of benzene rings is 2. The first kappa shape index (κ1) is 18.5. The monoisotopic (exact) mass is 363 g/mol. The van der Waals surface area contributed by atoms with E-state index in [2.05, 4.69) is 19.2 Å². The summed E-state index contributed by atoms with van der Waals surface area (Å²) < 4.78 is 10.8. The molecule has 0 fully saturated rings. The van der Waals surface area contributed by atoms with E-state index >= 15 is 0 Å². The van der Waals surface area contributed by atoms with Gasteiger partial charge in [0.2, 0.25) is 11.2 Å². The Labute approximate surface area is 157 Å². The maximum atomic E-state index is 12.3. The number of hydrogen-bond donors (Lipinski definition) is 1. The first-order chi connectivity index (χ1) is 13.0. The molecule has 1 heterocycles. The van der Waals surface area contributed by atoms with Crippen molar-refractivity contribution in [1.29, 1.82) is 0 Å². The van der Waals surface area contributed by atoms with Gasteiger partial charge in [-0.2, -0.15) is 0 Å². The van der Waals surface area contributed by atoms with Gasteiger partial charge in [0, 0.05) is 11.8 Å². The van der Waals surface area contributed by atoms with Crippen molar-refractivity contribution in [1.82, 2.24) is 0 Å². The molecule has 0 spiro atoms. The van der Waals surface area contributed by atoms with Crippen LogP contribution in [0.5, 0.6) is 5.75 Å². The highest BCUT2D eigenvalue weighted by atomic mass is 16.5. The minimum Gasteiger partial charge on any atom is -0.482 e. The maximum absolute atomic E-state index is 12.3. The largest absolute Gasteiger partial charge is 0.482 e. The Morgan fingerprint density at radius 1 is 1.07 bits per heavy atom. The topological polar surface area (TPSA) is 68.5 Å². The van der Waals surface area contributed by atoms with Gasteiger partial charge in [0.25, 0.3) is 5.91 Å². The van der Waals surface area contributed by atoms with Crippen molar-refractivity contribution in [3.05, 3.63) is 94.0 Å². The minimum atomic E-state index is -0.487. The van der Waals surface area contributed by atoms with E-state index in [-0.39, 0.29) is 18.1 Å². The molecule has 138 valence electrons. The van der Waals surface area contributed by atoms with Crippen LogP contribution in [0.15, 0.2) is 76.1 Å². The third-order valence-electron chi connectivity index (χ3n) is 4.09. The van der Waals surface area contributed by atoms with E-state index in [0.29, 0.717) is 11.6 Å². The highest BCUT2D eigenvalue weighted by Gasteiger charge is 2.13. The van der Waals surface area contributed by atoms with Gasteiger partial charge in [0.15, 0.2) is 5.76 Å². The zero-order valence-electron chi connectivity index (χ0n) is 15.3. The molecule has 0 aliphatic carbocycles. The second-order valence-corrected chi connectivity index (χ2v) is 6.48. The van der Waals surface area contributed by atoms with Crippen LogP contribution in [0, 0.1) is 0 Å². The van der Waals surface area contributed by atoms with Crippen molar-refractivity contribution in [3.8, 4) is 5.75 Å². The van der Waals surface area contributed by atoms with Crippen molar-refractivity contribution in [2.24, 2.45) is 0 Å². The van der Waals surface area contributed by atoms with Gasteiger partial charge >= 0.3 is 0 Å². The molecule has 0 radical (unpaired) electrons. The molecular weight excluding hydrogens is 342 g/mol. The summed E-state index contributed by atoms with van der Waals surface area (Å²) in [6.45, 7) is 4.45.